The van der Waals surface area contributed by atoms with Crippen molar-refractivity contribution < 1.29 is 0 Å². The molecule has 0 bridgehead atoms. The summed E-state index contributed by atoms with van der Waals surface area (Å²) in [7, 11) is 0. The number of benzene rings is 1. The number of nitriles is 4. The van der Waals surface area contributed by atoms with Crippen LogP contribution >= 0.6 is 0 Å². The maximum atomic E-state index is 8.97. The smallest absolute Gasteiger partial charge is 0.163 e. The van der Waals surface area contributed by atoms with Gasteiger partial charge in [-0.1, -0.05) is 6.07 Å². The molecular weight excluding hydrogens is 238 g/mol. The zero-order valence-electron chi connectivity index (χ0n) is 10.4. The molecule has 0 saturated carbocycles. The van der Waals surface area contributed by atoms with Gasteiger partial charge >= 0.3 is 0 Å². The largest absolute Gasteiger partial charge is 0.345 e. The lowest BCUT2D eigenvalue weighted by Gasteiger charge is -2.10. The lowest BCUT2D eigenvalue weighted by molar-refractivity contribution is 1.31. The molecule has 5 heteroatoms. The van der Waals surface area contributed by atoms with E-state index in [0.29, 0.717) is 11.3 Å². The molecule has 1 aromatic carbocycles. The van der Waals surface area contributed by atoms with Crippen LogP contribution in [0.2, 0.25) is 0 Å². The van der Waals surface area contributed by atoms with Crippen LogP contribution in [-0.4, -0.2) is 0 Å². The summed E-state index contributed by atoms with van der Waals surface area (Å²) < 4.78 is 0. The summed E-state index contributed by atoms with van der Waals surface area (Å²) in [5.41, 5.74) is 2.23. The van der Waals surface area contributed by atoms with E-state index in [-0.39, 0.29) is 11.3 Å². The number of hydrogen-bond donors (Lipinski definition) is 1. The fourth-order valence-corrected chi connectivity index (χ4v) is 1.53. The van der Waals surface area contributed by atoms with Gasteiger partial charge in [0.15, 0.2) is 5.57 Å². The molecular formula is C14H9N5. The van der Waals surface area contributed by atoms with Crippen LogP contribution < -0.4 is 5.32 Å². The Hall–Kier alpha value is -3.28. The number of nitrogens with one attached hydrogen (secondary N) is 1. The molecule has 0 saturated heterocycles. The molecule has 1 rings (SSSR count). The molecule has 0 atom stereocenters. The molecule has 0 fully saturated rings. The number of rotatable bonds is 2. The summed E-state index contributed by atoms with van der Waals surface area (Å²) in [5.74, 6) is 0. The van der Waals surface area contributed by atoms with Crippen LogP contribution in [0.3, 0.4) is 0 Å². The van der Waals surface area contributed by atoms with Crippen molar-refractivity contribution in [3.63, 3.8) is 0 Å². The van der Waals surface area contributed by atoms with Gasteiger partial charge in [-0.05, 0) is 31.0 Å². The predicted octanol–water partition coefficient (Wildman–Crippen LogP) is 2.41. The van der Waals surface area contributed by atoms with Crippen molar-refractivity contribution in [1.82, 2.24) is 0 Å². The van der Waals surface area contributed by atoms with E-state index in [0.717, 1.165) is 11.1 Å². The third kappa shape index (κ3) is 2.89. The van der Waals surface area contributed by atoms with Crippen LogP contribution in [-0.2, 0) is 0 Å². The molecule has 1 aromatic rings. The third-order valence-corrected chi connectivity index (χ3v) is 2.54. The Balaban J connectivity index is 3.33. The maximum absolute atomic E-state index is 8.97. The van der Waals surface area contributed by atoms with Crippen molar-refractivity contribution >= 4 is 5.69 Å². The van der Waals surface area contributed by atoms with E-state index in [2.05, 4.69) is 5.32 Å². The Kier molecular flexibility index (Phi) is 4.26. The normalized spacial score (nSPS) is 8.32. The number of hydrogen-bond acceptors (Lipinski definition) is 5. The molecule has 19 heavy (non-hydrogen) atoms. The molecule has 0 aliphatic rings. The van der Waals surface area contributed by atoms with E-state index in [1.165, 1.54) is 0 Å². The Bertz CT molecular complexity index is 698. The van der Waals surface area contributed by atoms with Gasteiger partial charge in [-0.3, -0.25) is 0 Å². The van der Waals surface area contributed by atoms with Crippen LogP contribution in [0.4, 0.5) is 5.69 Å². The highest BCUT2D eigenvalue weighted by Gasteiger charge is 2.09. The summed E-state index contributed by atoms with van der Waals surface area (Å²) in [5, 5.41) is 38.1. The molecule has 0 heterocycles. The number of anilines is 1. The first-order chi connectivity index (χ1) is 9.07. The molecule has 0 aliphatic heterocycles. The van der Waals surface area contributed by atoms with Crippen molar-refractivity contribution in [2.24, 2.45) is 0 Å². The lowest BCUT2D eigenvalue weighted by Crippen LogP contribution is -2.03. The van der Waals surface area contributed by atoms with Gasteiger partial charge in [0.1, 0.15) is 23.9 Å². The molecule has 0 unspecified atom stereocenters. The monoisotopic (exact) mass is 247 g/mol. The van der Waals surface area contributed by atoms with Crippen LogP contribution in [0.5, 0.6) is 0 Å². The summed E-state index contributed by atoms with van der Waals surface area (Å²) >= 11 is 0. The van der Waals surface area contributed by atoms with Crippen molar-refractivity contribution in [1.29, 1.82) is 21.0 Å². The molecule has 0 radical (unpaired) electrons. The average molecular weight is 247 g/mol. The molecule has 0 spiro atoms. The highest BCUT2D eigenvalue weighted by atomic mass is 14.9. The second-order valence-corrected chi connectivity index (χ2v) is 3.80. The highest BCUT2D eigenvalue weighted by molar-refractivity contribution is 5.64. The van der Waals surface area contributed by atoms with Gasteiger partial charge in [0.05, 0.1) is 11.6 Å². The van der Waals surface area contributed by atoms with E-state index in [1.807, 2.05) is 19.9 Å². The fourth-order valence-electron chi connectivity index (χ4n) is 1.53. The van der Waals surface area contributed by atoms with Crippen LogP contribution in [0.15, 0.2) is 23.4 Å². The standard InChI is InChI=1S/C14H9N5/c1-9-3-10(2)13(4-11(9)5-15)19-14(8-18)12(6-16)7-17/h3-4,19H,1-2H3. The number of nitrogens with zero attached hydrogens (tertiary/aromatic N) is 4. The second-order valence-electron chi connectivity index (χ2n) is 3.80. The maximum Gasteiger partial charge on any atom is 0.163 e. The quantitative estimate of drug-likeness (QED) is 0.807. The van der Waals surface area contributed by atoms with Crippen molar-refractivity contribution in [2.45, 2.75) is 13.8 Å². The van der Waals surface area contributed by atoms with E-state index >= 15 is 0 Å². The van der Waals surface area contributed by atoms with E-state index in [4.69, 9.17) is 21.0 Å². The van der Waals surface area contributed by atoms with Crippen molar-refractivity contribution in [2.75, 3.05) is 5.32 Å². The van der Waals surface area contributed by atoms with Gasteiger partial charge in [-0.2, -0.15) is 21.0 Å². The van der Waals surface area contributed by atoms with E-state index in [9.17, 15) is 0 Å². The Labute approximate surface area is 111 Å². The first-order valence-corrected chi connectivity index (χ1v) is 5.30. The Morgan fingerprint density at radius 3 is 2.05 bits per heavy atom. The van der Waals surface area contributed by atoms with Gasteiger partial charge in [0, 0.05) is 5.69 Å². The van der Waals surface area contributed by atoms with E-state index in [1.54, 1.807) is 30.3 Å². The van der Waals surface area contributed by atoms with E-state index < -0.39 is 0 Å². The second kappa shape index (κ2) is 5.87. The minimum Gasteiger partial charge on any atom is -0.345 e. The number of allylic oxidation sites excluding steroid dienone is 2. The fraction of sp³-hybridized carbons (Fsp3) is 0.143. The topological polar surface area (TPSA) is 107 Å². The summed E-state index contributed by atoms with van der Waals surface area (Å²) in [6.45, 7) is 3.62. The van der Waals surface area contributed by atoms with Gasteiger partial charge in [0.2, 0.25) is 0 Å². The van der Waals surface area contributed by atoms with Crippen molar-refractivity contribution in [3.05, 3.63) is 40.1 Å². The lowest BCUT2D eigenvalue weighted by atomic mass is 10.0. The Morgan fingerprint density at radius 2 is 1.58 bits per heavy atom. The van der Waals surface area contributed by atoms with Crippen LogP contribution in [0.1, 0.15) is 16.7 Å². The van der Waals surface area contributed by atoms with Gasteiger partial charge in [-0.15, -0.1) is 0 Å². The molecule has 1 N–H and O–H groups in total. The minimum absolute atomic E-state index is 0.124. The van der Waals surface area contributed by atoms with Crippen molar-refractivity contribution in [3.8, 4) is 24.3 Å². The van der Waals surface area contributed by atoms with Gasteiger partial charge < -0.3 is 5.32 Å². The molecule has 90 valence electrons. The summed E-state index contributed by atoms with van der Waals surface area (Å²) in [4.78, 5) is 0. The molecule has 0 aliphatic carbocycles. The first kappa shape index (κ1) is 13.8. The SMILES string of the molecule is Cc1cc(C)c(NC(C#N)=C(C#N)C#N)cc1C#N. The zero-order chi connectivity index (χ0) is 14.4. The zero-order valence-corrected chi connectivity index (χ0v) is 10.4. The molecule has 0 amide bonds. The summed E-state index contributed by atoms with van der Waals surface area (Å²) in [6, 6.07) is 10.5. The van der Waals surface area contributed by atoms with Crippen LogP contribution in [0.25, 0.3) is 0 Å². The predicted molar refractivity (Wildman–Crippen MR) is 68.1 cm³/mol. The number of aryl methyl sites for hydroxylation is 2. The Morgan fingerprint density at radius 1 is 0.947 bits per heavy atom. The third-order valence-electron chi connectivity index (χ3n) is 2.54. The minimum atomic E-state index is -0.291. The average Bonchev–Trinajstić information content (AvgIpc) is 2.41. The van der Waals surface area contributed by atoms with Gasteiger partial charge in [-0.25, -0.2) is 0 Å². The first-order valence-electron chi connectivity index (χ1n) is 5.30. The highest BCUT2D eigenvalue weighted by Crippen LogP contribution is 2.22. The molecule has 5 nitrogen and oxygen atoms in total. The van der Waals surface area contributed by atoms with Crippen LogP contribution in [0, 0.1) is 59.2 Å². The van der Waals surface area contributed by atoms with Gasteiger partial charge in [0.25, 0.3) is 0 Å². The molecule has 0 aromatic heterocycles. The summed E-state index contributed by atoms with van der Waals surface area (Å²) in [6.07, 6.45) is 0.